The first-order valence-corrected chi connectivity index (χ1v) is 6.21. The van der Waals surface area contributed by atoms with Gasteiger partial charge in [0.15, 0.2) is 5.96 Å². The molecule has 1 fully saturated rings. The van der Waals surface area contributed by atoms with Gasteiger partial charge in [0.1, 0.15) is 5.82 Å². The Morgan fingerprint density at radius 3 is 2.67 bits per heavy atom. The van der Waals surface area contributed by atoms with Gasteiger partial charge in [0.2, 0.25) is 0 Å². The summed E-state index contributed by atoms with van der Waals surface area (Å²) >= 11 is 0. The van der Waals surface area contributed by atoms with Crippen LogP contribution >= 0.6 is 0 Å². The van der Waals surface area contributed by atoms with Gasteiger partial charge in [-0.3, -0.25) is 4.99 Å². The largest absolute Gasteiger partial charge is 0.355 e. The van der Waals surface area contributed by atoms with Gasteiger partial charge in [-0.1, -0.05) is 12.1 Å². The van der Waals surface area contributed by atoms with Gasteiger partial charge in [0, 0.05) is 33.1 Å². The summed E-state index contributed by atoms with van der Waals surface area (Å²) in [5.74, 6) is 0.702. The summed E-state index contributed by atoms with van der Waals surface area (Å²) in [6.07, 6.45) is 2.21. The van der Waals surface area contributed by atoms with Gasteiger partial charge >= 0.3 is 0 Å². The molecule has 3 nitrogen and oxygen atoms in total. The van der Waals surface area contributed by atoms with Crippen LogP contribution in [-0.4, -0.2) is 38.5 Å². The van der Waals surface area contributed by atoms with E-state index in [1.807, 2.05) is 25.1 Å². The first-order chi connectivity index (χ1) is 8.57. The van der Waals surface area contributed by atoms with Gasteiger partial charge < -0.3 is 10.2 Å². The van der Waals surface area contributed by atoms with Crippen molar-refractivity contribution in [1.82, 2.24) is 10.2 Å². The maximum absolute atomic E-state index is 13.3. The average Bonchev–Trinajstić information content (AvgIpc) is 3.10. The number of halogens is 1. The minimum Gasteiger partial charge on any atom is -0.355 e. The number of hydrogen-bond donors (Lipinski definition) is 1. The van der Waals surface area contributed by atoms with Gasteiger partial charge in [-0.05, 0) is 30.5 Å². The third-order valence-corrected chi connectivity index (χ3v) is 3.51. The third-order valence-electron chi connectivity index (χ3n) is 3.51. The Morgan fingerprint density at radius 1 is 1.44 bits per heavy atom. The minimum absolute atomic E-state index is 0.0913. The van der Waals surface area contributed by atoms with Gasteiger partial charge in [-0.25, -0.2) is 4.39 Å². The molecular formula is C14H20FN3. The lowest BCUT2D eigenvalue weighted by Crippen LogP contribution is -2.40. The van der Waals surface area contributed by atoms with E-state index in [1.54, 1.807) is 19.2 Å². The predicted octanol–water partition coefficient (Wildman–Crippen LogP) is 1.99. The zero-order valence-corrected chi connectivity index (χ0v) is 11.2. The smallest absolute Gasteiger partial charge is 0.193 e. The molecule has 1 N–H and O–H groups in total. The normalized spacial score (nSPS) is 17.4. The van der Waals surface area contributed by atoms with Gasteiger partial charge in [-0.2, -0.15) is 0 Å². The maximum Gasteiger partial charge on any atom is 0.193 e. The molecule has 98 valence electrons. The van der Waals surface area contributed by atoms with Crippen LogP contribution in [-0.2, 0) is 5.41 Å². The second-order valence-corrected chi connectivity index (χ2v) is 5.09. The minimum atomic E-state index is -0.157. The fraction of sp³-hybridized carbons (Fsp3) is 0.500. The van der Waals surface area contributed by atoms with Crippen molar-refractivity contribution in [2.45, 2.75) is 18.3 Å². The van der Waals surface area contributed by atoms with Gasteiger partial charge in [0.25, 0.3) is 0 Å². The van der Waals surface area contributed by atoms with Crippen molar-refractivity contribution >= 4 is 5.96 Å². The molecule has 18 heavy (non-hydrogen) atoms. The molecule has 0 spiro atoms. The van der Waals surface area contributed by atoms with E-state index < -0.39 is 0 Å². The molecule has 0 bridgehead atoms. The summed E-state index contributed by atoms with van der Waals surface area (Å²) in [5.41, 5.74) is 1.18. The van der Waals surface area contributed by atoms with E-state index in [0.29, 0.717) is 0 Å². The van der Waals surface area contributed by atoms with E-state index in [2.05, 4.69) is 10.3 Å². The van der Waals surface area contributed by atoms with Crippen LogP contribution in [0.5, 0.6) is 0 Å². The highest BCUT2D eigenvalue weighted by molar-refractivity contribution is 5.79. The van der Waals surface area contributed by atoms with Crippen molar-refractivity contribution in [3.05, 3.63) is 35.6 Å². The monoisotopic (exact) mass is 249 g/mol. The summed E-state index contributed by atoms with van der Waals surface area (Å²) in [4.78, 5) is 6.13. The molecule has 0 radical (unpaired) electrons. The number of nitrogens with one attached hydrogen (secondary N) is 1. The summed E-state index contributed by atoms with van der Waals surface area (Å²) in [6, 6.07) is 6.93. The molecule has 1 aliphatic carbocycles. The Kier molecular flexibility index (Phi) is 3.55. The summed E-state index contributed by atoms with van der Waals surface area (Å²) < 4.78 is 13.3. The first-order valence-electron chi connectivity index (χ1n) is 6.21. The van der Waals surface area contributed by atoms with Crippen LogP contribution in [0.15, 0.2) is 29.3 Å². The first kappa shape index (κ1) is 12.9. The van der Waals surface area contributed by atoms with Crippen LogP contribution in [0.4, 0.5) is 4.39 Å². The van der Waals surface area contributed by atoms with E-state index in [1.165, 1.54) is 6.07 Å². The number of guanidine groups is 1. The SMILES string of the molecule is CN=C(NCC1(c2cccc(F)c2)CC1)N(C)C. The van der Waals surface area contributed by atoms with Crippen molar-refractivity contribution in [2.75, 3.05) is 27.7 Å². The Hall–Kier alpha value is -1.58. The lowest BCUT2D eigenvalue weighted by Gasteiger charge is -2.21. The summed E-state index contributed by atoms with van der Waals surface area (Å²) in [6.45, 7) is 0.807. The number of hydrogen-bond acceptors (Lipinski definition) is 1. The van der Waals surface area contributed by atoms with Gasteiger partial charge in [-0.15, -0.1) is 0 Å². The average molecular weight is 249 g/mol. The second-order valence-electron chi connectivity index (χ2n) is 5.09. The zero-order chi connectivity index (χ0) is 13.2. The molecule has 1 aromatic rings. The molecule has 0 amide bonds. The molecule has 0 saturated heterocycles. The molecular weight excluding hydrogens is 229 g/mol. The van der Waals surface area contributed by atoms with Crippen molar-refractivity contribution in [3.8, 4) is 0 Å². The number of benzene rings is 1. The molecule has 1 saturated carbocycles. The van der Waals surface area contributed by atoms with Crippen LogP contribution in [0.25, 0.3) is 0 Å². The predicted molar refractivity (Wildman–Crippen MR) is 72.4 cm³/mol. The quantitative estimate of drug-likeness (QED) is 0.655. The molecule has 0 aliphatic heterocycles. The topological polar surface area (TPSA) is 27.6 Å². The fourth-order valence-corrected chi connectivity index (χ4v) is 2.22. The zero-order valence-electron chi connectivity index (χ0n) is 11.2. The van der Waals surface area contributed by atoms with E-state index in [4.69, 9.17) is 0 Å². The standard InChI is InChI=1S/C14H20FN3/c1-16-13(18(2)3)17-10-14(7-8-14)11-5-4-6-12(15)9-11/h4-6,9H,7-8,10H2,1-3H3,(H,16,17). The number of rotatable bonds is 3. The van der Waals surface area contributed by atoms with E-state index >= 15 is 0 Å². The van der Waals surface area contributed by atoms with Crippen LogP contribution in [0.1, 0.15) is 18.4 Å². The van der Waals surface area contributed by atoms with Crippen LogP contribution in [0, 0.1) is 5.82 Å². The molecule has 2 rings (SSSR count). The highest BCUT2D eigenvalue weighted by Gasteiger charge is 2.44. The fourth-order valence-electron chi connectivity index (χ4n) is 2.22. The van der Waals surface area contributed by atoms with E-state index in [-0.39, 0.29) is 11.2 Å². The Bertz CT molecular complexity index is 450. The van der Waals surface area contributed by atoms with E-state index in [9.17, 15) is 4.39 Å². The van der Waals surface area contributed by atoms with Crippen LogP contribution in [0.2, 0.25) is 0 Å². The van der Waals surface area contributed by atoms with Crippen molar-refractivity contribution in [3.63, 3.8) is 0 Å². The second kappa shape index (κ2) is 4.96. The Labute approximate surface area is 108 Å². The van der Waals surface area contributed by atoms with Crippen LogP contribution in [0.3, 0.4) is 0 Å². The molecule has 1 aromatic carbocycles. The highest BCUT2D eigenvalue weighted by atomic mass is 19.1. The molecule has 0 atom stereocenters. The van der Waals surface area contributed by atoms with Crippen LogP contribution < -0.4 is 5.32 Å². The Morgan fingerprint density at radius 2 is 2.17 bits per heavy atom. The molecule has 0 heterocycles. The van der Waals surface area contributed by atoms with Crippen molar-refractivity contribution < 1.29 is 4.39 Å². The third kappa shape index (κ3) is 2.63. The highest BCUT2D eigenvalue weighted by Crippen LogP contribution is 2.47. The number of aliphatic imine (C=N–C) groups is 1. The summed E-state index contributed by atoms with van der Waals surface area (Å²) in [7, 11) is 5.68. The lowest BCUT2D eigenvalue weighted by atomic mass is 9.96. The lowest BCUT2D eigenvalue weighted by molar-refractivity contribution is 0.556. The molecule has 4 heteroatoms. The maximum atomic E-state index is 13.3. The van der Waals surface area contributed by atoms with Gasteiger partial charge in [0.05, 0.1) is 0 Å². The molecule has 1 aliphatic rings. The molecule has 0 unspecified atom stereocenters. The summed E-state index contributed by atoms with van der Waals surface area (Å²) in [5, 5.41) is 3.34. The molecule has 0 aromatic heterocycles. The van der Waals surface area contributed by atoms with E-state index in [0.717, 1.165) is 30.9 Å². The van der Waals surface area contributed by atoms with Crippen molar-refractivity contribution in [2.24, 2.45) is 4.99 Å². The van der Waals surface area contributed by atoms with Crippen molar-refractivity contribution in [1.29, 1.82) is 0 Å². The Balaban J connectivity index is 2.05. The number of nitrogens with zero attached hydrogens (tertiary/aromatic N) is 2.